The summed E-state index contributed by atoms with van der Waals surface area (Å²) in [6.45, 7) is 5.66. The van der Waals surface area contributed by atoms with Crippen LogP contribution in [-0.2, 0) is 0 Å². The lowest BCUT2D eigenvalue weighted by Gasteiger charge is -2.37. The average Bonchev–Trinajstić information content (AvgIpc) is 3.23. The first-order valence-corrected chi connectivity index (χ1v) is 11.0. The molecule has 1 aliphatic heterocycles. The predicted octanol–water partition coefficient (Wildman–Crippen LogP) is 3.96. The first-order valence-electron chi connectivity index (χ1n) is 10.0. The van der Waals surface area contributed by atoms with Gasteiger partial charge in [0, 0.05) is 32.7 Å². The molecule has 1 aliphatic carbocycles. The second-order valence-electron chi connectivity index (χ2n) is 7.86. The van der Waals surface area contributed by atoms with Gasteiger partial charge in [-0.3, -0.25) is 0 Å². The highest BCUT2D eigenvalue weighted by Gasteiger charge is 2.29. The van der Waals surface area contributed by atoms with Crippen LogP contribution >= 0.6 is 11.3 Å². The van der Waals surface area contributed by atoms with Crippen LogP contribution < -0.4 is 5.32 Å². The molecule has 2 heterocycles. The van der Waals surface area contributed by atoms with Crippen LogP contribution in [0.5, 0.6) is 0 Å². The molecule has 0 radical (unpaired) electrons. The molecule has 3 nitrogen and oxygen atoms in total. The molecule has 2 aromatic rings. The molecular weight excluding hydrogens is 340 g/mol. The van der Waals surface area contributed by atoms with E-state index < -0.39 is 0 Å². The van der Waals surface area contributed by atoms with Crippen LogP contribution in [0, 0.1) is 5.92 Å². The molecule has 1 saturated carbocycles. The summed E-state index contributed by atoms with van der Waals surface area (Å²) >= 11 is 1.75. The third kappa shape index (κ3) is 4.37. The van der Waals surface area contributed by atoms with Gasteiger partial charge in [0.05, 0.1) is 6.10 Å². The van der Waals surface area contributed by atoms with Crippen LogP contribution in [0.4, 0.5) is 0 Å². The zero-order valence-corrected chi connectivity index (χ0v) is 16.3. The molecule has 1 unspecified atom stereocenters. The number of hydrogen-bond donors (Lipinski definition) is 2. The van der Waals surface area contributed by atoms with Crippen LogP contribution in [0.2, 0.25) is 0 Å². The van der Waals surface area contributed by atoms with Crippen molar-refractivity contribution in [1.82, 2.24) is 10.2 Å². The summed E-state index contributed by atoms with van der Waals surface area (Å²) in [7, 11) is 0. The highest BCUT2D eigenvalue weighted by molar-refractivity contribution is 7.08. The molecule has 2 aliphatic rings. The van der Waals surface area contributed by atoms with Crippen molar-refractivity contribution in [2.24, 2.45) is 5.92 Å². The minimum atomic E-state index is -0.0768. The van der Waals surface area contributed by atoms with Gasteiger partial charge >= 0.3 is 0 Å². The molecule has 1 aromatic carbocycles. The van der Waals surface area contributed by atoms with E-state index in [9.17, 15) is 5.11 Å². The number of benzene rings is 1. The number of rotatable bonds is 5. The van der Waals surface area contributed by atoms with Gasteiger partial charge in [-0.2, -0.15) is 11.3 Å². The smallest absolute Gasteiger partial charge is 0.0540 e. The molecule has 1 atom stereocenters. The molecule has 140 valence electrons. The van der Waals surface area contributed by atoms with Gasteiger partial charge in [0.25, 0.3) is 0 Å². The zero-order chi connectivity index (χ0) is 17.8. The van der Waals surface area contributed by atoms with Gasteiger partial charge in [-0.05, 0) is 71.0 Å². The lowest BCUT2D eigenvalue weighted by molar-refractivity contribution is 0.0932. The van der Waals surface area contributed by atoms with Crippen molar-refractivity contribution in [3.8, 4) is 11.1 Å². The Morgan fingerprint density at radius 2 is 1.73 bits per heavy atom. The van der Waals surface area contributed by atoms with E-state index in [1.165, 1.54) is 16.7 Å². The van der Waals surface area contributed by atoms with Crippen molar-refractivity contribution in [1.29, 1.82) is 0 Å². The van der Waals surface area contributed by atoms with Crippen LogP contribution in [-0.4, -0.2) is 48.8 Å². The fraction of sp³-hybridized carbons (Fsp3) is 0.545. The Morgan fingerprint density at radius 3 is 2.38 bits per heavy atom. The average molecular weight is 371 g/mol. The van der Waals surface area contributed by atoms with E-state index in [1.54, 1.807) is 11.3 Å². The normalized spacial score (nSPS) is 25.9. The second kappa shape index (κ2) is 8.66. The molecule has 0 amide bonds. The lowest BCUT2D eigenvalue weighted by Crippen LogP contribution is -2.46. The molecule has 0 bridgehead atoms. The van der Waals surface area contributed by atoms with E-state index in [4.69, 9.17) is 0 Å². The van der Waals surface area contributed by atoms with E-state index in [2.05, 4.69) is 51.3 Å². The van der Waals surface area contributed by atoms with Crippen LogP contribution in [0.3, 0.4) is 0 Å². The van der Waals surface area contributed by atoms with E-state index in [-0.39, 0.29) is 6.10 Å². The van der Waals surface area contributed by atoms with E-state index in [0.717, 1.165) is 58.4 Å². The highest BCUT2D eigenvalue weighted by Crippen LogP contribution is 2.37. The largest absolute Gasteiger partial charge is 0.393 e. The van der Waals surface area contributed by atoms with E-state index >= 15 is 0 Å². The van der Waals surface area contributed by atoms with Crippen molar-refractivity contribution in [2.75, 3.05) is 32.7 Å². The fourth-order valence-electron chi connectivity index (χ4n) is 4.55. The standard InChI is InChI=1S/C22H30N2OS/c25-21-7-5-19(6-8-21)22(15-24-12-10-23-11-13-24)18-3-1-17(2-4-18)20-9-14-26-16-20/h1-4,9,14,16,19,21-23,25H,5-8,10-13,15H2. The third-order valence-corrected chi connectivity index (χ3v) is 6.85. The summed E-state index contributed by atoms with van der Waals surface area (Å²) in [6, 6.07) is 11.5. The second-order valence-corrected chi connectivity index (χ2v) is 8.64. The Balaban J connectivity index is 1.52. The molecule has 1 aromatic heterocycles. The van der Waals surface area contributed by atoms with Gasteiger partial charge in [0.2, 0.25) is 0 Å². The van der Waals surface area contributed by atoms with Gasteiger partial charge in [-0.25, -0.2) is 0 Å². The Morgan fingerprint density at radius 1 is 1.00 bits per heavy atom. The topological polar surface area (TPSA) is 35.5 Å². The number of piperazine rings is 1. The number of aliphatic hydroxyl groups is 1. The SMILES string of the molecule is OC1CCC(C(CN2CCNCC2)c2ccc(-c3ccsc3)cc2)CC1. The maximum absolute atomic E-state index is 9.93. The third-order valence-electron chi connectivity index (χ3n) is 6.17. The fourth-order valence-corrected chi connectivity index (χ4v) is 5.22. The number of nitrogens with one attached hydrogen (secondary N) is 1. The minimum Gasteiger partial charge on any atom is -0.393 e. The molecule has 4 rings (SSSR count). The van der Waals surface area contributed by atoms with Gasteiger partial charge in [0.15, 0.2) is 0 Å². The van der Waals surface area contributed by atoms with Crippen molar-refractivity contribution in [3.63, 3.8) is 0 Å². The molecule has 0 spiro atoms. The number of thiophene rings is 1. The molecule has 2 fully saturated rings. The minimum absolute atomic E-state index is 0.0768. The highest BCUT2D eigenvalue weighted by atomic mass is 32.1. The molecule has 4 heteroatoms. The summed E-state index contributed by atoms with van der Waals surface area (Å²) in [6.07, 6.45) is 4.17. The lowest BCUT2D eigenvalue weighted by atomic mass is 9.75. The quantitative estimate of drug-likeness (QED) is 0.836. The van der Waals surface area contributed by atoms with Gasteiger partial charge < -0.3 is 15.3 Å². The molecule has 2 N–H and O–H groups in total. The number of nitrogens with zero attached hydrogens (tertiary/aromatic N) is 1. The number of aliphatic hydroxyl groups excluding tert-OH is 1. The van der Waals surface area contributed by atoms with Gasteiger partial charge in [-0.1, -0.05) is 24.3 Å². The molecule has 1 saturated heterocycles. The zero-order valence-electron chi connectivity index (χ0n) is 15.4. The van der Waals surface area contributed by atoms with Crippen molar-refractivity contribution < 1.29 is 5.11 Å². The first kappa shape index (κ1) is 18.2. The first-order chi connectivity index (χ1) is 12.8. The van der Waals surface area contributed by atoms with Crippen molar-refractivity contribution in [2.45, 2.75) is 37.7 Å². The molecule has 26 heavy (non-hydrogen) atoms. The van der Waals surface area contributed by atoms with Crippen LogP contribution in [0.1, 0.15) is 37.2 Å². The summed E-state index contributed by atoms with van der Waals surface area (Å²) in [4.78, 5) is 2.62. The summed E-state index contributed by atoms with van der Waals surface area (Å²) in [5.41, 5.74) is 4.11. The Hall–Kier alpha value is -1.20. The Kier molecular flexibility index (Phi) is 6.05. The summed E-state index contributed by atoms with van der Waals surface area (Å²) in [5, 5.41) is 17.7. The summed E-state index contributed by atoms with van der Waals surface area (Å²) in [5.74, 6) is 1.28. The predicted molar refractivity (Wildman–Crippen MR) is 110 cm³/mol. The maximum Gasteiger partial charge on any atom is 0.0540 e. The summed E-state index contributed by atoms with van der Waals surface area (Å²) < 4.78 is 0. The van der Waals surface area contributed by atoms with Gasteiger partial charge in [0.1, 0.15) is 0 Å². The van der Waals surface area contributed by atoms with E-state index in [1.807, 2.05) is 0 Å². The molecular formula is C22H30N2OS. The monoisotopic (exact) mass is 370 g/mol. The Bertz CT molecular complexity index is 656. The Labute approximate surface area is 161 Å². The maximum atomic E-state index is 9.93. The van der Waals surface area contributed by atoms with Crippen LogP contribution in [0.25, 0.3) is 11.1 Å². The van der Waals surface area contributed by atoms with Gasteiger partial charge in [-0.15, -0.1) is 0 Å². The number of hydrogen-bond acceptors (Lipinski definition) is 4. The van der Waals surface area contributed by atoms with E-state index in [0.29, 0.717) is 11.8 Å². The van der Waals surface area contributed by atoms with Crippen molar-refractivity contribution in [3.05, 3.63) is 46.7 Å². The van der Waals surface area contributed by atoms with Crippen molar-refractivity contribution >= 4 is 11.3 Å². The van der Waals surface area contributed by atoms with Crippen LogP contribution in [0.15, 0.2) is 41.1 Å².